The molecule has 0 radical (unpaired) electrons. The summed E-state index contributed by atoms with van der Waals surface area (Å²) in [6.07, 6.45) is 4.20. The van der Waals surface area contributed by atoms with Crippen LogP contribution >= 0.6 is 22.7 Å². The first-order chi connectivity index (χ1) is 12.0. The van der Waals surface area contributed by atoms with Crippen molar-refractivity contribution in [2.24, 2.45) is 0 Å². The molecule has 1 N–H and O–H groups in total. The van der Waals surface area contributed by atoms with Crippen molar-refractivity contribution in [3.8, 4) is 0 Å². The van der Waals surface area contributed by atoms with Gasteiger partial charge in [-0.3, -0.25) is 9.59 Å². The Morgan fingerprint density at radius 3 is 2.80 bits per heavy atom. The van der Waals surface area contributed by atoms with E-state index in [1.165, 1.54) is 29.6 Å². The number of carbonyl (C=O) groups excluding carboxylic acids is 3. The van der Waals surface area contributed by atoms with Gasteiger partial charge in [0.05, 0.1) is 17.0 Å². The van der Waals surface area contributed by atoms with Gasteiger partial charge in [0.1, 0.15) is 0 Å². The van der Waals surface area contributed by atoms with Crippen molar-refractivity contribution in [3.63, 3.8) is 0 Å². The fraction of sp³-hybridized carbons (Fsp3) is 0.389. The SMILES string of the molecule is CC(=O)NCc1ccc(C(=O)COC(=O)c2csc3c2CCCC3)s1. The van der Waals surface area contributed by atoms with Gasteiger partial charge in [0.2, 0.25) is 11.7 Å². The molecule has 0 saturated heterocycles. The summed E-state index contributed by atoms with van der Waals surface area (Å²) >= 11 is 2.91. The molecule has 0 fully saturated rings. The average Bonchev–Trinajstić information content (AvgIpc) is 3.24. The van der Waals surface area contributed by atoms with E-state index < -0.39 is 5.97 Å². The third-order valence-corrected chi connectivity index (χ3v) is 6.28. The number of carbonyl (C=O) groups is 3. The molecule has 2 aromatic rings. The Labute approximate surface area is 154 Å². The molecular weight excluding hydrogens is 358 g/mol. The molecule has 5 nitrogen and oxygen atoms in total. The van der Waals surface area contributed by atoms with Gasteiger partial charge in [0, 0.05) is 22.1 Å². The first kappa shape index (κ1) is 17.8. The number of hydrogen-bond donors (Lipinski definition) is 1. The van der Waals surface area contributed by atoms with E-state index in [0.717, 1.165) is 29.7 Å². The lowest BCUT2D eigenvalue weighted by Gasteiger charge is -2.12. The maximum Gasteiger partial charge on any atom is 0.339 e. The average molecular weight is 377 g/mol. The molecule has 2 aromatic heterocycles. The van der Waals surface area contributed by atoms with E-state index in [2.05, 4.69) is 5.32 Å². The highest BCUT2D eigenvalue weighted by Gasteiger charge is 2.22. The minimum absolute atomic E-state index is 0.116. The standard InChI is InChI=1S/C18H19NO4S2/c1-11(20)19-8-12-6-7-17(25-12)15(21)9-23-18(22)14-10-24-16-5-3-2-4-13(14)16/h6-7,10H,2-5,8-9H2,1H3,(H,19,20). The summed E-state index contributed by atoms with van der Waals surface area (Å²) in [6, 6.07) is 3.50. The zero-order valence-corrected chi connectivity index (χ0v) is 15.6. The van der Waals surface area contributed by atoms with Crippen LogP contribution in [0.4, 0.5) is 0 Å². The summed E-state index contributed by atoms with van der Waals surface area (Å²) < 4.78 is 5.23. The highest BCUT2D eigenvalue weighted by atomic mass is 32.1. The first-order valence-electron chi connectivity index (χ1n) is 8.17. The van der Waals surface area contributed by atoms with Crippen LogP contribution in [0.5, 0.6) is 0 Å². The fourth-order valence-corrected chi connectivity index (χ4v) is 4.77. The molecule has 0 bridgehead atoms. The topological polar surface area (TPSA) is 72.5 Å². The van der Waals surface area contributed by atoms with Gasteiger partial charge < -0.3 is 10.1 Å². The number of rotatable bonds is 6. The molecule has 1 amide bonds. The zero-order chi connectivity index (χ0) is 17.8. The largest absolute Gasteiger partial charge is 0.454 e. The van der Waals surface area contributed by atoms with Gasteiger partial charge in [0.15, 0.2) is 6.61 Å². The lowest BCUT2D eigenvalue weighted by molar-refractivity contribution is -0.119. The molecule has 0 unspecified atom stereocenters. The van der Waals surface area contributed by atoms with Crippen molar-refractivity contribution < 1.29 is 19.1 Å². The summed E-state index contributed by atoms with van der Waals surface area (Å²) in [4.78, 5) is 38.1. The minimum Gasteiger partial charge on any atom is -0.454 e. The lowest BCUT2D eigenvalue weighted by atomic mass is 9.96. The zero-order valence-electron chi connectivity index (χ0n) is 13.9. The van der Waals surface area contributed by atoms with Crippen LogP contribution in [0.1, 0.15) is 55.1 Å². The van der Waals surface area contributed by atoms with Crippen molar-refractivity contribution in [2.45, 2.75) is 39.2 Å². The molecule has 25 heavy (non-hydrogen) atoms. The van der Waals surface area contributed by atoms with Crippen molar-refractivity contribution in [1.29, 1.82) is 0 Å². The van der Waals surface area contributed by atoms with Crippen LogP contribution in [0.2, 0.25) is 0 Å². The number of ketones is 1. The maximum absolute atomic E-state index is 12.3. The molecule has 0 aromatic carbocycles. The van der Waals surface area contributed by atoms with E-state index in [1.807, 2.05) is 5.38 Å². The van der Waals surface area contributed by atoms with Crippen molar-refractivity contribution in [3.05, 3.63) is 43.3 Å². The Morgan fingerprint density at radius 1 is 1.20 bits per heavy atom. The number of thiophene rings is 2. The minimum atomic E-state index is -0.414. The van der Waals surface area contributed by atoms with E-state index in [9.17, 15) is 14.4 Å². The second-order valence-corrected chi connectivity index (χ2v) is 8.07. The van der Waals surface area contributed by atoms with Crippen LogP contribution in [0.25, 0.3) is 0 Å². The molecule has 3 rings (SSSR count). The third kappa shape index (κ3) is 4.35. The summed E-state index contributed by atoms with van der Waals surface area (Å²) in [6.45, 7) is 1.58. The van der Waals surface area contributed by atoms with Crippen LogP contribution in [-0.4, -0.2) is 24.3 Å². The molecule has 0 spiro atoms. The van der Waals surface area contributed by atoms with Crippen molar-refractivity contribution in [1.82, 2.24) is 5.32 Å². The highest BCUT2D eigenvalue weighted by Crippen LogP contribution is 2.30. The van der Waals surface area contributed by atoms with E-state index in [-0.39, 0.29) is 18.3 Å². The van der Waals surface area contributed by atoms with Gasteiger partial charge in [0.25, 0.3) is 0 Å². The fourth-order valence-electron chi connectivity index (χ4n) is 2.78. The van der Waals surface area contributed by atoms with Crippen LogP contribution in [-0.2, 0) is 28.9 Å². The number of esters is 1. The maximum atomic E-state index is 12.3. The number of Topliss-reactive ketones (excluding diaryl/α,β-unsaturated/α-hetero) is 1. The third-order valence-electron chi connectivity index (χ3n) is 4.06. The van der Waals surface area contributed by atoms with E-state index in [0.29, 0.717) is 17.0 Å². The Kier molecular flexibility index (Phi) is 5.65. The second-order valence-electron chi connectivity index (χ2n) is 5.93. The number of nitrogens with one attached hydrogen (secondary N) is 1. The van der Waals surface area contributed by atoms with Crippen LogP contribution in [0.3, 0.4) is 0 Å². The Balaban J connectivity index is 1.56. The van der Waals surface area contributed by atoms with Crippen LogP contribution in [0.15, 0.2) is 17.5 Å². The molecule has 1 aliphatic carbocycles. The summed E-state index contributed by atoms with van der Waals surface area (Å²) in [5, 5.41) is 4.53. The highest BCUT2D eigenvalue weighted by molar-refractivity contribution is 7.14. The molecule has 132 valence electrons. The number of ether oxygens (including phenoxy) is 1. The van der Waals surface area contributed by atoms with Gasteiger partial charge >= 0.3 is 5.97 Å². The Bertz CT molecular complexity index is 806. The molecule has 0 aliphatic heterocycles. The molecule has 7 heteroatoms. The first-order valence-corrected chi connectivity index (χ1v) is 9.87. The molecule has 0 atom stereocenters. The van der Waals surface area contributed by atoms with Gasteiger partial charge in [-0.1, -0.05) is 0 Å². The van der Waals surface area contributed by atoms with E-state index in [1.54, 1.807) is 23.5 Å². The molecule has 1 aliphatic rings. The summed E-state index contributed by atoms with van der Waals surface area (Å²) in [5.74, 6) is -0.756. The number of hydrogen-bond acceptors (Lipinski definition) is 6. The lowest BCUT2D eigenvalue weighted by Crippen LogP contribution is -2.18. The van der Waals surface area contributed by atoms with Gasteiger partial charge in [-0.15, -0.1) is 22.7 Å². The summed E-state index contributed by atoms with van der Waals surface area (Å²) in [5.41, 5.74) is 1.72. The van der Waals surface area contributed by atoms with Gasteiger partial charge in [-0.05, 0) is 43.4 Å². The molecular formula is C18H19NO4S2. The van der Waals surface area contributed by atoms with E-state index in [4.69, 9.17) is 4.74 Å². The predicted octanol–water partition coefficient (Wildman–Crippen LogP) is 3.36. The van der Waals surface area contributed by atoms with Crippen LogP contribution < -0.4 is 5.32 Å². The summed E-state index contributed by atoms with van der Waals surface area (Å²) in [7, 11) is 0. The predicted molar refractivity (Wildman–Crippen MR) is 97.4 cm³/mol. The number of aryl methyl sites for hydroxylation is 1. The second kappa shape index (κ2) is 7.93. The van der Waals surface area contributed by atoms with Crippen molar-refractivity contribution >= 4 is 40.3 Å². The van der Waals surface area contributed by atoms with Gasteiger partial charge in [-0.2, -0.15) is 0 Å². The molecule has 0 saturated carbocycles. The van der Waals surface area contributed by atoms with E-state index >= 15 is 0 Å². The van der Waals surface area contributed by atoms with Crippen LogP contribution in [0, 0.1) is 0 Å². The normalized spacial score (nSPS) is 13.2. The smallest absolute Gasteiger partial charge is 0.339 e. The Morgan fingerprint density at radius 2 is 2.00 bits per heavy atom. The number of fused-ring (bicyclic) bond motifs is 1. The number of amides is 1. The van der Waals surface area contributed by atoms with Gasteiger partial charge in [-0.25, -0.2) is 4.79 Å². The quantitative estimate of drug-likeness (QED) is 0.619. The Hall–Kier alpha value is -1.99. The molecule has 2 heterocycles. The van der Waals surface area contributed by atoms with Crippen molar-refractivity contribution in [2.75, 3.05) is 6.61 Å². The monoisotopic (exact) mass is 377 g/mol.